The fourth-order valence-corrected chi connectivity index (χ4v) is 7.45. The Bertz CT molecular complexity index is 876. The van der Waals surface area contributed by atoms with Gasteiger partial charge in [-0.2, -0.15) is 4.31 Å². The van der Waals surface area contributed by atoms with E-state index in [9.17, 15) is 16.8 Å². The van der Waals surface area contributed by atoms with Crippen LogP contribution in [0.4, 0.5) is 0 Å². The van der Waals surface area contributed by atoms with E-state index in [1.54, 1.807) is 12.1 Å². The second-order valence-electron chi connectivity index (χ2n) is 8.20. The van der Waals surface area contributed by atoms with Gasteiger partial charge in [0.25, 0.3) is 0 Å². The van der Waals surface area contributed by atoms with Crippen LogP contribution in [0.2, 0.25) is 0 Å². The highest BCUT2D eigenvalue weighted by Gasteiger charge is 2.38. The lowest BCUT2D eigenvalue weighted by molar-refractivity contribution is 0.0367. The zero-order chi connectivity index (χ0) is 21.1. The van der Waals surface area contributed by atoms with Gasteiger partial charge in [0.2, 0.25) is 10.0 Å². The number of sulfone groups is 1. The molecule has 3 rings (SSSR count). The SMILES string of the molecule is CC(C)c1ccc(S(=O)(=O)N(CCCN2CCOCC2)[C@@H]2CCS(=O)(=O)C2)cc1. The first-order valence-corrected chi connectivity index (χ1v) is 13.6. The molecule has 2 saturated heterocycles. The molecule has 0 aromatic heterocycles. The van der Waals surface area contributed by atoms with E-state index in [2.05, 4.69) is 18.7 Å². The van der Waals surface area contributed by atoms with Crippen molar-refractivity contribution in [2.75, 3.05) is 50.9 Å². The Hall–Kier alpha value is -1.00. The topological polar surface area (TPSA) is 84.0 Å². The number of rotatable bonds is 8. The third-order valence-corrected chi connectivity index (χ3v) is 9.44. The molecule has 164 valence electrons. The highest BCUT2D eigenvalue weighted by molar-refractivity contribution is 7.92. The van der Waals surface area contributed by atoms with Gasteiger partial charge >= 0.3 is 0 Å². The second-order valence-corrected chi connectivity index (χ2v) is 12.3. The molecule has 2 heterocycles. The van der Waals surface area contributed by atoms with Crippen LogP contribution in [-0.2, 0) is 24.6 Å². The van der Waals surface area contributed by atoms with Gasteiger partial charge in [0.1, 0.15) is 0 Å². The van der Waals surface area contributed by atoms with Crippen LogP contribution in [0.25, 0.3) is 0 Å². The zero-order valence-corrected chi connectivity index (χ0v) is 18.9. The van der Waals surface area contributed by atoms with Crippen LogP contribution in [0, 0.1) is 0 Å². The Labute approximate surface area is 175 Å². The highest BCUT2D eigenvalue weighted by Crippen LogP contribution is 2.26. The van der Waals surface area contributed by atoms with Crippen molar-refractivity contribution in [1.29, 1.82) is 0 Å². The minimum atomic E-state index is -3.75. The molecule has 0 spiro atoms. The van der Waals surface area contributed by atoms with Crippen molar-refractivity contribution in [3.8, 4) is 0 Å². The molecule has 29 heavy (non-hydrogen) atoms. The third-order valence-electron chi connectivity index (χ3n) is 5.73. The van der Waals surface area contributed by atoms with E-state index in [0.717, 1.165) is 25.2 Å². The molecule has 9 heteroatoms. The van der Waals surface area contributed by atoms with Crippen molar-refractivity contribution >= 4 is 19.9 Å². The lowest BCUT2D eigenvalue weighted by Crippen LogP contribution is -2.43. The van der Waals surface area contributed by atoms with Crippen LogP contribution in [0.15, 0.2) is 29.2 Å². The van der Waals surface area contributed by atoms with Gasteiger partial charge in [-0.05, 0) is 43.0 Å². The monoisotopic (exact) mass is 444 g/mol. The molecule has 0 saturated carbocycles. The summed E-state index contributed by atoms with van der Waals surface area (Å²) in [5, 5.41) is 0. The molecule has 1 atom stereocenters. The summed E-state index contributed by atoms with van der Waals surface area (Å²) in [6.45, 7) is 8.32. The van der Waals surface area contributed by atoms with E-state index in [0.29, 0.717) is 38.5 Å². The fraction of sp³-hybridized carbons (Fsp3) is 0.700. The zero-order valence-electron chi connectivity index (χ0n) is 17.3. The predicted molar refractivity (Wildman–Crippen MR) is 113 cm³/mol. The summed E-state index contributed by atoms with van der Waals surface area (Å²) in [7, 11) is -6.93. The van der Waals surface area contributed by atoms with E-state index in [4.69, 9.17) is 4.74 Å². The van der Waals surface area contributed by atoms with E-state index in [1.807, 2.05) is 12.1 Å². The molecule has 1 aromatic rings. The number of hydrogen-bond donors (Lipinski definition) is 0. The van der Waals surface area contributed by atoms with Crippen molar-refractivity contribution in [2.45, 2.75) is 43.5 Å². The molecular weight excluding hydrogens is 412 g/mol. The molecule has 0 unspecified atom stereocenters. The number of sulfonamides is 1. The van der Waals surface area contributed by atoms with Gasteiger partial charge in [0, 0.05) is 25.7 Å². The molecule has 0 aliphatic carbocycles. The number of hydrogen-bond acceptors (Lipinski definition) is 6. The van der Waals surface area contributed by atoms with Crippen LogP contribution < -0.4 is 0 Å². The molecule has 1 aromatic carbocycles. The average Bonchev–Trinajstić information content (AvgIpc) is 3.05. The minimum Gasteiger partial charge on any atom is -0.379 e. The molecule has 2 fully saturated rings. The smallest absolute Gasteiger partial charge is 0.243 e. The normalized spacial score (nSPS) is 23.1. The van der Waals surface area contributed by atoms with Crippen LogP contribution in [0.3, 0.4) is 0 Å². The van der Waals surface area contributed by atoms with E-state index >= 15 is 0 Å². The Balaban J connectivity index is 1.77. The first-order valence-electron chi connectivity index (χ1n) is 10.3. The standard InChI is InChI=1S/C20H32N2O5S2/c1-17(2)18-4-6-20(7-5-18)29(25,26)22(19-8-15-28(23,24)16-19)10-3-9-21-11-13-27-14-12-21/h4-7,17,19H,3,8-16H2,1-2H3/t19-/m1/s1. The van der Waals surface area contributed by atoms with Crippen molar-refractivity contribution in [1.82, 2.24) is 9.21 Å². The fourth-order valence-electron chi connectivity index (χ4n) is 3.94. The van der Waals surface area contributed by atoms with Gasteiger partial charge in [-0.3, -0.25) is 4.90 Å². The molecule has 0 radical (unpaired) electrons. The summed E-state index contributed by atoms with van der Waals surface area (Å²) in [4.78, 5) is 2.49. The van der Waals surface area contributed by atoms with Crippen molar-refractivity contribution in [3.63, 3.8) is 0 Å². The van der Waals surface area contributed by atoms with Crippen molar-refractivity contribution in [3.05, 3.63) is 29.8 Å². The Morgan fingerprint density at radius 2 is 1.83 bits per heavy atom. The van der Waals surface area contributed by atoms with Gasteiger partial charge in [0.15, 0.2) is 9.84 Å². The van der Waals surface area contributed by atoms with Crippen molar-refractivity contribution < 1.29 is 21.6 Å². The third kappa shape index (κ3) is 5.79. The van der Waals surface area contributed by atoms with Crippen LogP contribution in [0.5, 0.6) is 0 Å². The first-order chi connectivity index (χ1) is 13.7. The first kappa shape index (κ1) is 22.7. The quantitative estimate of drug-likeness (QED) is 0.607. The van der Waals surface area contributed by atoms with E-state index in [1.165, 1.54) is 4.31 Å². The predicted octanol–water partition coefficient (Wildman–Crippen LogP) is 1.71. The maximum Gasteiger partial charge on any atom is 0.243 e. The second kappa shape index (κ2) is 9.43. The Kier molecular flexibility index (Phi) is 7.37. The number of benzene rings is 1. The molecule has 2 aliphatic rings. The van der Waals surface area contributed by atoms with Crippen LogP contribution in [0.1, 0.15) is 38.2 Å². The summed E-state index contributed by atoms with van der Waals surface area (Å²) in [6, 6.07) is 6.48. The minimum absolute atomic E-state index is 0.0550. The largest absolute Gasteiger partial charge is 0.379 e. The molecule has 0 amide bonds. The number of morpholine rings is 1. The molecule has 0 N–H and O–H groups in total. The number of ether oxygens (including phenoxy) is 1. The van der Waals surface area contributed by atoms with Gasteiger partial charge < -0.3 is 4.74 Å². The lowest BCUT2D eigenvalue weighted by atomic mass is 10.0. The molecular formula is C20H32N2O5S2. The molecule has 2 aliphatic heterocycles. The van der Waals surface area contributed by atoms with Gasteiger partial charge in [0.05, 0.1) is 29.6 Å². The van der Waals surface area contributed by atoms with Gasteiger partial charge in [-0.1, -0.05) is 26.0 Å². The van der Waals surface area contributed by atoms with Crippen LogP contribution >= 0.6 is 0 Å². The molecule has 0 bridgehead atoms. The lowest BCUT2D eigenvalue weighted by Gasteiger charge is -2.30. The summed E-state index contributed by atoms with van der Waals surface area (Å²) in [5.41, 5.74) is 1.08. The summed E-state index contributed by atoms with van der Waals surface area (Å²) >= 11 is 0. The maximum atomic E-state index is 13.4. The van der Waals surface area contributed by atoms with E-state index in [-0.39, 0.29) is 16.4 Å². The number of nitrogens with zero attached hydrogens (tertiary/aromatic N) is 2. The van der Waals surface area contributed by atoms with Crippen LogP contribution in [-0.4, -0.2) is 83.0 Å². The highest BCUT2D eigenvalue weighted by atomic mass is 32.2. The Morgan fingerprint density at radius 1 is 1.17 bits per heavy atom. The molecule has 7 nitrogen and oxygen atoms in total. The summed E-state index contributed by atoms with van der Waals surface area (Å²) in [5.74, 6) is 0.282. The summed E-state index contributed by atoms with van der Waals surface area (Å²) in [6.07, 6.45) is 1.03. The maximum absolute atomic E-state index is 13.4. The van der Waals surface area contributed by atoms with Gasteiger partial charge in [-0.25, -0.2) is 16.8 Å². The summed E-state index contributed by atoms with van der Waals surface area (Å²) < 4.78 is 57.6. The Morgan fingerprint density at radius 3 is 2.38 bits per heavy atom. The van der Waals surface area contributed by atoms with E-state index < -0.39 is 25.9 Å². The average molecular weight is 445 g/mol. The van der Waals surface area contributed by atoms with Gasteiger partial charge in [-0.15, -0.1) is 0 Å². The van der Waals surface area contributed by atoms with Crippen molar-refractivity contribution in [2.24, 2.45) is 0 Å².